The van der Waals surface area contributed by atoms with Crippen LogP contribution in [-0.2, 0) is 13.6 Å². The summed E-state index contributed by atoms with van der Waals surface area (Å²) in [4.78, 5) is 27.4. The van der Waals surface area contributed by atoms with E-state index in [1.54, 1.807) is 41.6 Å². The first-order chi connectivity index (χ1) is 19.8. The Kier molecular flexibility index (Phi) is 7.25. The molecule has 6 rings (SSSR count). The maximum Gasteiger partial charge on any atom is 0.255 e. The van der Waals surface area contributed by atoms with E-state index in [0.29, 0.717) is 34.1 Å². The first-order valence-corrected chi connectivity index (χ1v) is 13.7. The van der Waals surface area contributed by atoms with Crippen molar-refractivity contribution >= 4 is 22.6 Å². The van der Waals surface area contributed by atoms with E-state index in [1.807, 2.05) is 32.2 Å². The molecule has 2 aromatic carbocycles. The largest absolute Gasteiger partial charge is 0.472 e. The number of nitrogens with zero attached hydrogens (tertiary/aromatic N) is 6. The third-order valence-corrected chi connectivity index (χ3v) is 7.58. The van der Waals surface area contributed by atoms with E-state index >= 15 is 0 Å². The van der Waals surface area contributed by atoms with Crippen molar-refractivity contribution in [1.29, 1.82) is 0 Å². The predicted molar refractivity (Wildman–Crippen MR) is 157 cm³/mol. The molecule has 0 aliphatic carbocycles. The SMILES string of the molecule is Cc1cc(NC(=O)c2ccc(C)c(Oc3nc(-c4ccoc4)nc4c3cnn4C)c2)ccc1CN1CCN(C)CC1. The third kappa shape index (κ3) is 5.70. The van der Waals surface area contributed by atoms with E-state index in [-0.39, 0.29) is 5.91 Å². The van der Waals surface area contributed by atoms with Crippen molar-refractivity contribution < 1.29 is 13.9 Å². The number of piperazine rings is 1. The molecule has 10 heteroatoms. The van der Waals surface area contributed by atoms with Gasteiger partial charge in [-0.05, 0) is 67.9 Å². The Labute approximate surface area is 238 Å². The van der Waals surface area contributed by atoms with E-state index in [0.717, 1.165) is 55.1 Å². The van der Waals surface area contributed by atoms with Crippen LogP contribution in [0, 0.1) is 13.8 Å². The van der Waals surface area contributed by atoms with Gasteiger partial charge < -0.3 is 19.4 Å². The van der Waals surface area contributed by atoms with Crippen LogP contribution in [0.5, 0.6) is 11.6 Å². The Hall–Kier alpha value is -4.54. The minimum absolute atomic E-state index is 0.214. The molecule has 1 aliphatic heterocycles. The molecule has 5 aromatic rings. The summed E-state index contributed by atoms with van der Waals surface area (Å²) >= 11 is 0. The first kappa shape index (κ1) is 26.7. The molecular weight excluding hydrogens is 518 g/mol. The van der Waals surface area contributed by atoms with Gasteiger partial charge in [0.25, 0.3) is 5.91 Å². The van der Waals surface area contributed by atoms with Gasteiger partial charge in [-0.2, -0.15) is 10.1 Å². The summed E-state index contributed by atoms with van der Waals surface area (Å²) in [6.45, 7) is 9.25. The molecule has 0 bridgehead atoms. The van der Waals surface area contributed by atoms with Crippen LogP contribution in [0.1, 0.15) is 27.0 Å². The van der Waals surface area contributed by atoms with Crippen molar-refractivity contribution in [3.63, 3.8) is 0 Å². The summed E-state index contributed by atoms with van der Waals surface area (Å²) in [7, 11) is 3.98. The lowest BCUT2D eigenvalue weighted by atomic mass is 10.1. The van der Waals surface area contributed by atoms with Crippen LogP contribution < -0.4 is 10.1 Å². The zero-order chi connectivity index (χ0) is 28.5. The molecule has 1 saturated heterocycles. The number of furan rings is 1. The number of ether oxygens (including phenoxy) is 1. The zero-order valence-corrected chi connectivity index (χ0v) is 23.7. The molecular formula is C31H33N7O3. The number of hydrogen-bond acceptors (Lipinski definition) is 8. The molecule has 0 saturated carbocycles. The van der Waals surface area contributed by atoms with Gasteiger partial charge in [-0.15, -0.1) is 0 Å². The molecule has 1 N–H and O–H groups in total. The fourth-order valence-electron chi connectivity index (χ4n) is 4.95. The van der Waals surface area contributed by atoms with Crippen molar-refractivity contribution in [2.75, 3.05) is 38.5 Å². The van der Waals surface area contributed by atoms with Gasteiger partial charge >= 0.3 is 0 Å². The minimum atomic E-state index is -0.214. The van der Waals surface area contributed by atoms with Gasteiger partial charge in [0.05, 0.1) is 18.0 Å². The lowest BCUT2D eigenvalue weighted by molar-refractivity contribution is 0.102. The monoisotopic (exact) mass is 551 g/mol. The lowest BCUT2D eigenvalue weighted by Gasteiger charge is -2.32. The van der Waals surface area contributed by atoms with Gasteiger partial charge in [0, 0.05) is 51.0 Å². The second kappa shape index (κ2) is 11.1. The quantitative estimate of drug-likeness (QED) is 0.301. The Morgan fingerprint density at radius 2 is 1.83 bits per heavy atom. The Morgan fingerprint density at radius 1 is 1.00 bits per heavy atom. The zero-order valence-electron chi connectivity index (χ0n) is 23.7. The first-order valence-electron chi connectivity index (χ1n) is 13.7. The number of hydrogen-bond donors (Lipinski definition) is 1. The normalized spacial score (nSPS) is 14.4. The number of fused-ring (bicyclic) bond motifs is 1. The summed E-state index contributed by atoms with van der Waals surface area (Å²) in [5, 5.41) is 8.04. The third-order valence-electron chi connectivity index (χ3n) is 7.58. The average molecular weight is 552 g/mol. The van der Waals surface area contributed by atoms with Crippen LogP contribution >= 0.6 is 0 Å². The molecule has 0 atom stereocenters. The lowest BCUT2D eigenvalue weighted by Crippen LogP contribution is -2.43. The van der Waals surface area contributed by atoms with E-state index in [4.69, 9.17) is 9.15 Å². The topological polar surface area (TPSA) is 102 Å². The number of carbonyl (C=O) groups is 1. The summed E-state index contributed by atoms with van der Waals surface area (Å²) in [6.07, 6.45) is 4.82. The fraction of sp³-hybridized carbons (Fsp3) is 0.290. The molecule has 1 fully saturated rings. The molecule has 0 spiro atoms. The molecule has 1 amide bonds. The summed E-state index contributed by atoms with van der Waals surface area (Å²) in [5.74, 6) is 1.13. The van der Waals surface area contributed by atoms with Crippen LogP contribution in [0.2, 0.25) is 0 Å². The molecule has 10 nitrogen and oxygen atoms in total. The molecule has 0 unspecified atom stereocenters. The number of carbonyl (C=O) groups excluding carboxylic acids is 1. The average Bonchev–Trinajstić information content (AvgIpc) is 3.63. The number of anilines is 1. The number of aryl methyl sites for hydroxylation is 3. The van der Waals surface area contributed by atoms with Gasteiger partial charge in [-0.1, -0.05) is 12.1 Å². The highest BCUT2D eigenvalue weighted by Crippen LogP contribution is 2.32. The highest BCUT2D eigenvalue weighted by molar-refractivity contribution is 6.04. The smallest absolute Gasteiger partial charge is 0.255 e. The van der Waals surface area contributed by atoms with Gasteiger partial charge in [-0.25, -0.2) is 4.98 Å². The van der Waals surface area contributed by atoms with E-state index in [9.17, 15) is 4.79 Å². The second-order valence-electron chi connectivity index (χ2n) is 10.6. The summed E-state index contributed by atoms with van der Waals surface area (Å²) in [6, 6.07) is 13.3. The summed E-state index contributed by atoms with van der Waals surface area (Å²) in [5.41, 5.74) is 5.90. The highest BCUT2D eigenvalue weighted by Gasteiger charge is 2.18. The van der Waals surface area contributed by atoms with Gasteiger partial charge in [0.2, 0.25) is 5.88 Å². The Morgan fingerprint density at radius 3 is 2.59 bits per heavy atom. The second-order valence-corrected chi connectivity index (χ2v) is 10.6. The molecule has 0 radical (unpaired) electrons. The van der Waals surface area contributed by atoms with Gasteiger partial charge in [0.15, 0.2) is 11.5 Å². The number of aromatic nitrogens is 4. The fourth-order valence-corrected chi connectivity index (χ4v) is 4.95. The van der Waals surface area contributed by atoms with Crippen LogP contribution in [0.25, 0.3) is 22.4 Å². The predicted octanol–water partition coefficient (Wildman–Crippen LogP) is 5.03. The molecule has 3 aromatic heterocycles. The number of benzene rings is 2. The molecule has 4 heterocycles. The van der Waals surface area contributed by atoms with Crippen molar-refractivity contribution in [2.45, 2.75) is 20.4 Å². The van der Waals surface area contributed by atoms with Crippen LogP contribution in [0.3, 0.4) is 0 Å². The van der Waals surface area contributed by atoms with Crippen molar-refractivity contribution in [2.24, 2.45) is 7.05 Å². The maximum absolute atomic E-state index is 13.3. The molecule has 1 aliphatic rings. The maximum atomic E-state index is 13.3. The van der Waals surface area contributed by atoms with E-state index < -0.39 is 0 Å². The number of nitrogens with one attached hydrogen (secondary N) is 1. The van der Waals surface area contributed by atoms with E-state index in [1.165, 1.54) is 5.56 Å². The number of amides is 1. The summed E-state index contributed by atoms with van der Waals surface area (Å²) < 4.78 is 13.2. The standard InChI is InChI=1S/C31H33N7O3/c1-20-5-6-22(30(39)33-25-8-7-23(21(2)15-25)18-38-12-10-36(3)11-13-38)16-27(20)41-31-26-17-32-37(4)29(26)34-28(35-31)24-9-14-40-19-24/h5-9,14-17,19H,10-13,18H2,1-4H3,(H,33,39). The number of rotatable bonds is 7. The minimum Gasteiger partial charge on any atom is -0.472 e. The van der Waals surface area contributed by atoms with Crippen LogP contribution in [-0.4, -0.2) is 68.7 Å². The highest BCUT2D eigenvalue weighted by atomic mass is 16.5. The number of likely N-dealkylation sites (N-methyl/N-ethyl adjacent to an activating group) is 1. The van der Waals surface area contributed by atoms with Gasteiger partial charge in [-0.3, -0.25) is 14.4 Å². The van der Waals surface area contributed by atoms with Crippen molar-refractivity contribution in [3.05, 3.63) is 83.4 Å². The van der Waals surface area contributed by atoms with Gasteiger partial charge in [0.1, 0.15) is 17.4 Å². The molecule has 210 valence electrons. The Balaban J connectivity index is 1.21. The van der Waals surface area contributed by atoms with Crippen LogP contribution in [0.15, 0.2) is 65.6 Å². The van der Waals surface area contributed by atoms with Crippen LogP contribution in [0.4, 0.5) is 5.69 Å². The van der Waals surface area contributed by atoms with Crippen molar-refractivity contribution in [1.82, 2.24) is 29.5 Å². The van der Waals surface area contributed by atoms with Crippen molar-refractivity contribution in [3.8, 4) is 23.0 Å². The Bertz CT molecular complexity index is 1700. The van der Waals surface area contributed by atoms with E-state index in [2.05, 4.69) is 50.2 Å². The molecule has 41 heavy (non-hydrogen) atoms.